The molecule has 3 nitrogen and oxygen atoms in total. The van der Waals surface area contributed by atoms with E-state index in [1.54, 1.807) is 7.05 Å². The molecular formula is C11H15NO2. The molecule has 1 N–H and O–H groups in total. The van der Waals surface area contributed by atoms with Crippen molar-refractivity contribution in [2.45, 2.75) is 13.8 Å². The largest absolute Gasteiger partial charge is 0.483 e. The summed E-state index contributed by atoms with van der Waals surface area (Å²) in [5.74, 6) is 0.684. The van der Waals surface area contributed by atoms with Gasteiger partial charge in [0.2, 0.25) is 0 Å². The van der Waals surface area contributed by atoms with Crippen LogP contribution >= 0.6 is 0 Å². The first-order valence-electron chi connectivity index (χ1n) is 4.54. The molecule has 76 valence electrons. The highest BCUT2D eigenvalue weighted by Gasteiger charge is 2.05. The molecule has 0 heterocycles. The summed E-state index contributed by atoms with van der Waals surface area (Å²) in [6.45, 7) is 4.00. The topological polar surface area (TPSA) is 38.3 Å². The fourth-order valence-corrected chi connectivity index (χ4v) is 1.24. The maximum atomic E-state index is 11.0. The van der Waals surface area contributed by atoms with E-state index < -0.39 is 0 Å². The predicted molar refractivity (Wildman–Crippen MR) is 55.5 cm³/mol. The summed E-state index contributed by atoms with van der Waals surface area (Å²) in [5.41, 5.74) is 2.10. The highest BCUT2D eigenvalue weighted by molar-refractivity contribution is 5.77. The molecule has 0 atom stereocenters. The zero-order valence-corrected chi connectivity index (χ0v) is 8.76. The first kappa shape index (κ1) is 10.6. The van der Waals surface area contributed by atoms with E-state index in [1.165, 1.54) is 0 Å². The van der Waals surface area contributed by atoms with Crippen molar-refractivity contribution in [3.05, 3.63) is 29.3 Å². The van der Waals surface area contributed by atoms with Crippen LogP contribution in [0.5, 0.6) is 5.75 Å². The normalized spacial score (nSPS) is 9.64. The van der Waals surface area contributed by atoms with E-state index in [-0.39, 0.29) is 12.5 Å². The molecule has 14 heavy (non-hydrogen) atoms. The summed E-state index contributed by atoms with van der Waals surface area (Å²) >= 11 is 0. The summed E-state index contributed by atoms with van der Waals surface area (Å²) < 4.78 is 5.41. The fraction of sp³-hybridized carbons (Fsp3) is 0.364. The second kappa shape index (κ2) is 4.65. The summed E-state index contributed by atoms with van der Waals surface area (Å²) in [6.07, 6.45) is 0. The van der Waals surface area contributed by atoms with Crippen LogP contribution in [0, 0.1) is 13.8 Å². The first-order chi connectivity index (χ1) is 6.65. The van der Waals surface area contributed by atoms with Gasteiger partial charge in [0, 0.05) is 7.05 Å². The third-order valence-electron chi connectivity index (χ3n) is 2.04. The maximum absolute atomic E-state index is 11.0. The van der Waals surface area contributed by atoms with Crippen molar-refractivity contribution in [2.75, 3.05) is 13.7 Å². The lowest BCUT2D eigenvalue weighted by Gasteiger charge is -2.10. The van der Waals surface area contributed by atoms with Crippen molar-refractivity contribution >= 4 is 5.91 Å². The zero-order chi connectivity index (χ0) is 10.6. The van der Waals surface area contributed by atoms with Gasteiger partial charge in [-0.05, 0) is 25.0 Å². The molecule has 0 aliphatic heterocycles. The van der Waals surface area contributed by atoms with Crippen LogP contribution in [0.2, 0.25) is 0 Å². The van der Waals surface area contributed by atoms with E-state index in [9.17, 15) is 4.79 Å². The molecule has 3 heteroatoms. The number of hydrogen-bond acceptors (Lipinski definition) is 2. The van der Waals surface area contributed by atoms with Crippen molar-refractivity contribution < 1.29 is 9.53 Å². The lowest BCUT2D eigenvalue weighted by Crippen LogP contribution is -2.25. The predicted octanol–water partition coefficient (Wildman–Crippen LogP) is 1.43. The number of carbonyl (C=O) groups excluding carboxylic acids is 1. The third-order valence-corrected chi connectivity index (χ3v) is 2.04. The number of rotatable bonds is 3. The van der Waals surface area contributed by atoms with Gasteiger partial charge in [0.05, 0.1) is 0 Å². The maximum Gasteiger partial charge on any atom is 0.257 e. The van der Waals surface area contributed by atoms with Gasteiger partial charge in [-0.25, -0.2) is 0 Å². The van der Waals surface area contributed by atoms with Crippen LogP contribution in [-0.4, -0.2) is 19.6 Å². The van der Waals surface area contributed by atoms with E-state index in [1.807, 2.05) is 32.0 Å². The quantitative estimate of drug-likeness (QED) is 0.788. The molecule has 0 bridgehead atoms. The molecule has 1 rings (SSSR count). The molecule has 1 aromatic carbocycles. The van der Waals surface area contributed by atoms with Crippen LogP contribution in [-0.2, 0) is 4.79 Å². The molecule has 1 amide bonds. The van der Waals surface area contributed by atoms with Crippen molar-refractivity contribution in [1.29, 1.82) is 0 Å². The Morgan fingerprint density at radius 1 is 1.36 bits per heavy atom. The highest BCUT2D eigenvalue weighted by atomic mass is 16.5. The van der Waals surface area contributed by atoms with Gasteiger partial charge in [-0.15, -0.1) is 0 Å². The van der Waals surface area contributed by atoms with Gasteiger partial charge in [-0.3, -0.25) is 4.79 Å². The van der Waals surface area contributed by atoms with Gasteiger partial charge in [-0.1, -0.05) is 18.2 Å². The van der Waals surface area contributed by atoms with Gasteiger partial charge < -0.3 is 10.1 Å². The van der Waals surface area contributed by atoms with Crippen LogP contribution in [0.25, 0.3) is 0 Å². The second-order valence-electron chi connectivity index (χ2n) is 3.18. The zero-order valence-electron chi connectivity index (χ0n) is 8.76. The monoisotopic (exact) mass is 193 g/mol. The molecule has 0 saturated carbocycles. The lowest BCUT2D eigenvalue weighted by molar-refractivity contribution is -0.122. The minimum atomic E-state index is -0.118. The Labute approximate surface area is 84.1 Å². The van der Waals surface area contributed by atoms with Crippen LogP contribution in [0.3, 0.4) is 0 Å². The summed E-state index contributed by atoms with van der Waals surface area (Å²) in [4.78, 5) is 11.0. The Morgan fingerprint density at radius 3 is 2.43 bits per heavy atom. The van der Waals surface area contributed by atoms with Crippen molar-refractivity contribution in [1.82, 2.24) is 5.32 Å². The van der Waals surface area contributed by atoms with Crippen molar-refractivity contribution in [3.63, 3.8) is 0 Å². The fourth-order valence-electron chi connectivity index (χ4n) is 1.24. The molecule has 0 radical (unpaired) electrons. The Morgan fingerprint density at radius 2 is 1.93 bits per heavy atom. The molecule has 0 aliphatic rings. The number of nitrogens with one attached hydrogen (secondary N) is 1. The summed E-state index contributed by atoms with van der Waals surface area (Å²) in [7, 11) is 1.59. The SMILES string of the molecule is CNC(=O)COc1c(C)cccc1C. The first-order valence-corrected chi connectivity index (χ1v) is 4.54. The minimum Gasteiger partial charge on any atom is -0.483 e. The van der Waals surface area contributed by atoms with Crippen LogP contribution in [0.15, 0.2) is 18.2 Å². The van der Waals surface area contributed by atoms with E-state index >= 15 is 0 Å². The number of ether oxygens (including phenoxy) is 1. The Bertz CT molecular complexity index is 314. The van der Waals surface area contributed by atoms with E-state index in [0.717, 1.165) is 16.9 Å². The highest BCUT2D eigenvalue weighted by Crippen LogP contribution is 2.21. The Kier molecular flexibility index (Phi) is 3.51. The molecule has 0 spiro atoms. The number of amides is 1. The molecule has 0 fully saturated rings. The number of benzene rings is 1. The number of para-hydroxylation sites is 1. The molecular weight excluding hydrogens is 178 g/mol. The van der Waals surface area contributed by atoms with Crippen molar-refractivity contribution in [2.24, 2.45) is 0 Å². The average molecular weight is 193 g/mol. The average Bonchev–Trinajstić information content (AvgIpc) is 2.16. The smallest absolute Gasteiger partial charge is 0.257 e. The Balaban J connectivity index is 2.71. The minimum absolute atomic E-state index is 0.0716. The van der Waals surface area contributed by atoms with Gasteiger partial charge >= 0.3 is 0 Å². The van der Waals surface area contributed by atoms with Crippen LogP contribution < -0.4 is 10.1 Å². The molecule has 0 aromatic heterocycles. The third kappa shape index (κ3) is 2.49. The van der Waals surface area contributed by atoms with Gasteiger partial charge in [-0.2, -0.15) is 0 Å². The second-order valence-corrected chi connectivity index (χ2v) is 3.18. The van der Waals surface area contributed by atoms with Crippen molar-refractivity contribution in [3.8, 4) is 5.75 Å². The molecule has 1 aromatic rings. The number of aryl methyl sites for hydroxylation is 2. The number of hydrogen-bond donors (Lipinski definition) is 1. The lowest BCUT2D eigenvalue weighted by atomic mass is 10.1. The molecule has 0 unspecified atom stereocenters. The number of carbonyl (C=O) groups is 1. The number of likely N-dealkylation sites (N-methyl/N-ethyl adjacent to an activating group) is 1. The van der Waals surface area contributed by atoms with Crippen LogP contribution in [0.1, 0.15) is 11.1 Å². The van der Waals surface area contributed by atoms with E-state index in [4.69, 9.17) is 4.74 Å². The standard InChI is InChI=1S/C11H15NO2/c1-8-5-4-6-9(2)11(8)14-7-10(13)12-3/h4-6H,7H2,1-3H3,(H,12,13). The summed E-state index contributed by atoms with van der Waals surface area (Å²) in [6, 6.07) is 5.90. The Hall–Kier alpha value is -1.51. The molecule has 0 saturated heterocycles. The van der Waals surface area contributed by atoms with E-state index in [2.05, 4.69) is 5.32 Å². The summed E-state index contributed by atoms with van der Waals surface area (Å²) in [5, 5.41) is 2.51. The molecule has 0 aliphatic carbocycles. The van der Waals surface area contributed by atoms with E-state index in [0.29, 0.717) is 0 Å². The van der Waals surface area contributed by atoms with Gasteiger partial charge in [0.25, 0.3) is 5.91 Å². The van der Waals surface area contributed by atoms with Gasteiger partial charge in [0.1, 0.15) is 5.75 Å². The van der Waals surface area contributed by atoms with Gasteiger partial charge in [0.15, 0.2) is 6.61 Å². The van der Waals surface area contributed by atoms with Crippen LogP contribution in [0.4, 0.5) is 0 Å².